The Morgan fingerprint density at radius 3 is 2.46 bits per heavy atom. The van der Waals surface area contributed by atoms with Crippen molar-refractivity contribution >= 4 is 15.9 Å². The Kier molecular flexibility index (Phi) is 5.90. The van der Waals surface area contributed by atoms with Crippen molar-refractivity contribution in [3.63, 3.8) is 0 Å². The fourth-order valence-corrected chi connectivity index (χ4v) is 4.65. The minimum Gasteiger partial charge on any atom is -0.352 e. The zero-order valence-electron chi connectivity index (χ0n) is 16.4. The van der Waals surface area contributed by atoms with Gasteiger partial charge in [0, 0.05) is 31.0 Å². The number of piperidine rings is 1. The smallest absolute Gasteiger partial charge is 0.253 e. The van der Waals surface area contributed by atoms with Crippen LogP contribution in [0.4, 0.5) is 4.39 Å². The Bertz CT molecular complexity index is 977. The van der Waals surface area contributed by atoms with Gasteiger partial charge in [0.15, 0.2) is 0 Å². The predicted molar refractivity (Wildman–Crippen MR) is 107 cm³/mol. The molecule has 0 saturated carbocycles. The molecule has 1 aromatic heterocycles. The van der Waals surface area contributed by atoms with E-state index in [1.165, 1.54) is 16.6 Å². The Morgan fingerprint density at radius 2 is 1.86 bits per heavy atom. The molecule has 1 aliphatic heterocycles. The number of aryl methyl sites for hydroxylation is 1. The molecule has 2 aromatic rings. The van der Waals surface area contributed by atoms with Crippen LogP contribution in [0.5, 0.6) is 0 Å². The van der Waals surface area contributed by atoms with E-state index in [9.17, 15) is 17.6 Å². The van der Waals surface area contributed by atoms with Crippen LogP contribution in [0.2, 0.25) is 0 Å². The molecule has 0 bridgehead atoms. The summed E-state index contributed by atoms with van der Waals surface area (Å²) < 4.78 is 40.6. The maximum Gasteiger partial charge on any atom is 0.253 e. The van der Waals surface area contributed by atoms with Gasteiger partial charge in [-0.2, -0.15) is 0 Å². The van der Waals surface area contributed by atoms with Crippen LogP contribution in [0.15, 0.2) is 30.3 Å². The van der Waals surface area contributed by atoms with Gasteiger partial charge in [0.1, 0.15) is 5.82 Å². The van der Waals surface area contributed by atoms with Gasteiger partial charge in [0.2, 0.25) is 10.0 Å². The first kappa shape index (κ1) is 20.5. The van der Waals surface area contributed by atoms with Crippen LogP contribution in [-0.2, 0) is 10.0 Å². The molecule has 0 atom stereocenters. The van der Waals surface area contributed by atoms with Gasteiger partial charge < -0.3 is 9.88 Å². The molecule has 1 saturated heterocycles. The Labute approximate surface area is 165 Å². The van der Waals surface area contributed by atoms with E-state index in [0.29, 0.717) is 36.6 Å². The lowest BCUT2D eigenvalue weighted by molar-refractivity contribution is 0.0941. The van der Waals surface area contributed by atoms with Crippen LogP contribution in [0.3, 0.4) is 0 Å². The number of rotatable bonds is 5. The Morgan fingerprint density at radius 1 is 1.21 bits per heavy atom. The van der Waals surface area contributed by atoms with E-state index in [2.05, 4.69) is 5.32 Å². The number of hydrogen-bond acceptors (Lipinski definition) is 3. The van der Waals surface area contributed by atoms with E-state index in [-0.39, 0.29) is 17.6 Å². The van der Waals surface area contributed by atoms with E-state index in [0.717, 1.165) is 18.5 Å². The highest BCUT2D eigenvalue weighted by Crippen LogP contribution is 2.23. The van der Waals surface area contributed by atoms with Gasteiger partial charge in [-0.3, -0.25) is 4.79 Å². The zero-order chi connectivity index (χ0) is 20.5. The van der Waals surface area contributed by atoms with Crippen LogP contribution < -0.4 is 5.32 Å². The quantitative estimate of drug-likeness (QED) is 0.828. The molecule has 0 aliphatic carbocycles. The van der Waals surface area contributed by atoms with Crippen molar-refractivity contribution in [1.82, 2.24) is 14.2 Å². The van der Waals surface area contributed by atoms with E-state index in [4.69, 9.17) is 0 Å². The number of carbonyl (C=O) groups is 1. The van der Waals surface area contributed by atoms with Crippen LogP contribution in [-0.4, -0.2) is 49.1 Å². The topological polar surface area (TPSA) is 71.4 Å². The molecule has 1 aliphatic rings. The maximum absolute atomic E-state index is 14.2. The number of halogens is 1. The molecule has 2 heterocycles. The first-order valence-corrected chi connectivity index (χ1v) is 11.2. The van der Waals surface area contributed by atoms with Gasteiger partial charge in [0.05, 0.1) is 17.5 Å². The highest BCUT2D eigenvalue weighted by molar-refractivity contribution is 7.88. The first-order chi connectivity index (χ1) is 13.2. The van der Waals surface area contributed by atoms with Gasteiger partial charge in [0.25, 0.3) is 5.91 Å². The monoisotopic (exact) mass is 407 g/mol. The number of hydrogen-bond donors (Lipinski definition) is 1. The number of benzene rings is 1. The molecule has 3 rings (SSSR count). The summed E-state index contributed by atoms with van der Waals surface area (Å²) in [6.45, 7) is 5.12. The molecule has 8 heteroatoms. The number of amides is 1. The van der Waals surface area contributed by atoms with E-state index < -0.39 is 10.0 Å². The first-order valence-electron chi connectivity index (χ1n) is 9.35. The average molecular weight is 408 g/mol. The number of nitrogens with one attached hydrogen (secondary N) is 1. The number of para-hydroxylation sites is 1. The molecule has 0 unspecified atom stereocenters. The van der Waals surface area contributed by atoms with E-state index >= 15 is 0 Å². The van der Waals surface area contributed by atoms with Crippen molar-refractivity contribution in [2.45, 2.75) is 26.7 Å². The number of nitrogens with zero attached hydrogens (tertiary/aromatic N) is 2. The van der Waals surface area contributed by atoms with Crippen molar-refractivity contribution in [3.05, 3.63) is 53.1 Å². The standard InChI is InChI=1S/C20H26FN3O3S/c1-14-12-17(15(2)24(14)19-7-5-4-6-18(19)21)20(25)22-13-16-8-10-23(11-9-16)28(3,26)27/h4-7,12,16H,8-11,13H2,1-3H3,(H,22,25). The molecular weight excluding hydrogens is 381 g/mol. The molecule has 1 aromatic carbocycles. The molecular formula is C20H26FN3O3S. The highest BCUT2D eigenvalue weighted by Gasteiger charge is 2.25. The highest BCUT2D eigenvalue weighted by atomic mass is 32.2. The van der Waals surface area contributed by atoms with Crippen molar-refractivity contribution < 1.29 is 17.6 Å². The summed E-state index contributed by atoms with van der Waals surface area (Å²) in [5.41, 5.74) is 2.42. The molecule has 28 heavy (non-hydrogen) atoms. The summed E-state index contributed by atoms with van der Waals surface area (Å²) in [4.78, 5) is 12.7. The number of sulfonamides is 1. The number of carbonyl (C=O) groups excluding carboxylic acids is 1. The zero-order valence-corrected chi connectivity index (χ0v) is 17.2. The van der Waals surface area contributed by atoms with Gasteiger partial charge >= 0.3 is 0 Å². The van der Waals surface area contributed by atoms with Crippen LogP contribution in [0, 0.1) is 25.6 Å². The van der Waals surface area contributed by atoms with Crippen LogP contribution in [0.1, 0.15) is 34.6 Å². The Hall–Kier alpha value is -2.19. The van der Waals surface area contributed by atoms with Gasteiger partial charge in [-0.15, -0.1) is 0 Å². The SMILES string of the molecule is Cc1cc(C(=O)NCC2CCN(S(C)(=O)=O)CC2)c(C)n1-c1ccccc1F. The lowest BCUT2D eigenvalue weighted by Gasteiger charge is -2.30. The second-order valence-electron chi connectivity index (χ2n) is 7.39. The van der Waals surface area contributed by atoms with Gasteiger partial charge in [-0.25, -0.2) is 17.1 Å². The van der Waals surface area contributed by atoms with Crippen LogP contribution >= 0.6 is 0 Å². The third kappa shape index (κ3) is 4.28. The number of aromatic nitrogens is 1. The average Bonchev–Trinajstić information content (AvgIpc) is 2.94. The van der Waals surface area contributed by atoms with Gasteiger partial charge in [-0.1, -0.05) is 12.1 Å². The van der Waals surface area contributed by atoms with E-state index in [1.807, 2.05) is 6.92 Å². The lowest BCUT2D eigenvalue weighted by atomic mass is 9.98. The van der Waals surface area contributed by atoms with Crippen molar-refractivity contribution in [2.75, 3.05) is 25.9 Å². The summed E-state index contributed by atoms with van der Waals surface area (Å²) in [7, 11) is -3.15. The molecule has 1 N–H and O–H groups in total. The lowest BCUT2D eigenvalue weighted by Crippen LogP contribution is -2.41. The second kappa shape index (κ2) is 8.05. The summed E-state index contributed by atoms with van der Waals surface area (Å²) in [5, 5.41) is 2.96. The minimum atomic E-state index is -3.15. The fraction of sp³-hybridized carbons (Fsp3) is 0.450. The van der Waals surface area contributed by atoms with Crippen molar-refractivity contribution in [1.29, 1.82) is 0 Å². The molecule has 0 radical (unpaired) electrons. The summed E-state index contributed by atoms with van der Waals surface area (Å²) in [6.07, 6.45) is 2.67. The van der Waals surface area contributed by atoms with Crippen molar-refractivity contribution in [3.8, 4) is 5.69 Å². The fourth-order valence-electron chi connectivity index (χ4n) is 3.77. The molecule has 152 valence electrons. The second-order valence-corrected chi connectivity index (χ2v) is 9.37. The third-order valence-electron chi connectivity index (χ3n) is 5.36. The van der Waals surface area contributed by atoms with Gasteiger partial charge in [-0.05, 0) is 50.8 Å². The largest absolute Gasteiger partial charge is 0.352 e. The Balaban J connectivity index is 1.66. The predicted octanol–water partition coefficient (Wildman–Crippen LogP) is 2.63. The maximum atomic E-state index is 14.2. The molecule has 1 amide bonds. The third-order valence-corrected chi connectivity index (χ3v) is 6.67. The summed E-state index contributed by atoms with van der Waals surface area (Å²) in [5.74, 6) is -0.285. The van der Waals surface area contributed by atoms with Crippen LogP contribution in [0.25, 0.3) is 5.69 Å². The summed E-state index contributed by atoms with van der Waals surface area (Å²) in [6, 6.07) is 8.25. The van der Waals surface area contributed by atoms with E-state index in [1.54, 1.807) is 35.8 Å². The molecule has 6 nitrogen and oxygen atoms in total. The summed E-state index contributed by atoms with van der Waals surface area (Å²) >= 11 is 0. The van der Waals surface area contributed by atoms with Crippen molar-refractivity contribution in [2.24, 2.45) is 5.92 Å². The molecule has 0 spiro atoms. The normalized spacial score (nSPS) is 16.3. The minimum absolute atomic E-state index is 0.193. The molecule has 1 fully saturated rings.